The van der Waals surface area contributed by atoms with E-state index in [1.165, 1.54) is 0 Å². The summed E-state index contributed by atoms with van der Waals surface area (Å²) in [6.45, 7) is 5.22. The van der Waals surface area contributed by atoms with Crippen LogP contribution in [0.5, 0.6) is 0 Å². The van der Waals surface area contributed by atoms with Gasteiger partial charge in [0.15, 0.2) is 5.78 Å². The Morgan fingerprint density at radius 3 is 2.78 bits per heavy atom. The van der Waals surface area contributed by atoms with Crippen LogP contribution in [0.15, 0.2) is 18.2 Å². The number of hydrogen-bond acceptors (Lipinski definition) is 3. The lowest BCUT2D eigenvalue weighted by atomic mass is 10.0. The second-order valence-electron chi connectivity index (χ2n) is 4.59. The van der Waals surface area contributed by atoms with Gasteiger partial charge in [0.25, 0.3) is 0 Å². The molecule has 4 heteroatoms. The van der Waals surface area contributed by atoms with Crippen molar-refractivity contribution in [2.24, 2.45) is 0 Å². The van der Waals surface area contributed by atoms with Crippen LogP contribution < -0.4 is 0 Å². The zero-order valence-corrected chi connectivity index (χ0v) is 10.7. The van der Waals surface area contributed by atoms with Gasteiger partial charge in [0.1, 0.15) is 6.61 Å². The summed E-state index contributed by atoms with van der Waals surface area (Å²) >= 11 is 0. The van der Waals surface area contributed by atoms with Gasteiger partial charge in [-0.25, -0.2) is 0 Å². The van der Waals surface area contributed by atoms with Gasteiger partial charge in [-0.1, -0.05) is 12.1 Å². The third-order valence-corrected chi connectivity index (χ3v) is 3.25. The van der Waals surface area contributed by atoms with Crippen molar-refractivity contribution in [2.45, 2.75) is 13.8 Å². The zero-order chi connectivity index (χ0) is 13.1. The lowest BCUT2D eigenvalue weighted by Crippen LogP contribution is -2.44. The van der Waals surface area contributed by atoms with Crippen LogP contribution in [-0.4, -0.2) is 42.9 Å². The predicted molar refractivity (Wildman–Crippen MR) is 67.6 cm³/mol. The molecule has 1 aromatic rings. The predicted octanol–water partition coefficient (Wildman–Crippen LogP) is 1.34. The molecule has 1 aliphatic heterocycles. The van der Waals surface area contributed by atoms with E-state index in [4.69, 9.17) is 4.74 Å². The number of carbonyl (C=O) groups excluding carboxylic acids is 2. The highest BCUT2D eigenvalue weighted by Crippen LogP contribution is 2.11. The molecule has 0 radical (unpaired) electrons. The molecule has 0 aromatic heterocycles. The van der Waals surface area contributed by atoms with E-state index in [2.05, 4.69) is 0 Å². The highest BCUT2D eigenvalue weighted by Gasteiger charge is 2.21. The first kappa shape index (κ1) is 12.8. The molecule has 18 heavy (non-hydrogen) atoms. The third-order valence-electron chi connectivity index (χ3n) is 3.25. The van der Waals surface area contributed by atoms with Crippen molar-refractivity contribution in [3.05, 3.63) is 34.9 Å². The minimum absolute atomic E-state index is 0.0200. The average Bonchev–Trinajstić information content (AvgIpc) is 2.35. The first-order valence-corrected chi connectivity index (χ1v) is 6.04. The van der Waals surface area contributed by atoms with Crippen molar-refractivity contribution in [2.75, 3.05) is 26.3 Å². The van der Waals surface area contributed by atoms with E-state index in [9.17, 15) is 9.59 Å². The fraction of sp³-hybridized carbons (Fsp3) is 0.429. The van der Waals surface area contributed by atoms with E-state index in [0.29, 0.717) is 18.7 Å². The summed E-state index contributed by atoms with van der Waals surface area (Å²) in [5, 5.41) is 0. The Morgan fingerprint density at radius 1 is 1.33 bits per heavy atom. The van der Waals surface area contributed by atoms with Gasteiger partial charge in [-0.05, 0) is 31.0 Å². The quantitative estimate of drug-likeness (QED) is 0.757. The van der Waals surface area contributed by atoms with Gasteiger partial charge >= 0.3 is 0 Å². The molecule has 2 rings (SSSR count). The van der Waals surface area contributed by atoms with E-state index >= 15 is 0 Å². The minimum Gasteiger partial charge on any atom is -0.370 e. The van der Waals surface area contributed by atoms with Gasteiger partial charge < -0.3 is 9.64 Å². The number of rotatable bonds is 3. The average molecular weight is 247 g/mol. The van der Waals surface area contributed by atoms with Crippen LogP contribution in [0.25, 0.3) is 0 Å². The maximum Gasteiger partial charge on any atom is 0.249 e. The molecule has 0 bridgehead atoms. The molecule has 0 N–H and O–H groups in total. The van der Waals surface area contributed by atoms with Crippen LogP contribution in [0.3, 0.4) is 0 Å². The van der Waals surface area contributed by atoms with E-state index in [0.717, 1.165) is 11.1 Å². The van der Waals surface area contributed by atoms with Crippen molar-refractivity contribution < 1.29 is 14.3 Å². The smallest absolute Gasteiger partial charge is 0.249 e. The molecular weight excluding hydrogens is 230 g/mol. The van der Waals surface area contributed by atoms with Crippen molar-refractivity contribution >= 4 is 11.7 Å². The number of benzene rings is 1. The molecular formula is C14H17NO3. The van der Waals surface area contributed by atoms with Crippen molar-refractivity contribution in [3.63, 3.8) is 0 Å². The molecule has 1 fully saturated rings. The molecule has 0 spiro atoms. The molecule has 4 nitrogen and oxygen atoms in total. The van der Waals surface area contributed by atoms with Gasteiger partial charge in [0, 0.05) is 12.1 Å². The molecule has 1 amide bonds. The summed E-state index contributed by atoms with van der Waals surface area (Å²) in [4.78, 5) is 25.2. The molecule has 1 aromatic carbocycles. The maximum absolute atomic E-state index is 12.1. The number of Topliss-reactive ketones (excluding diaryl/α,β-unsaturated/α-hetero) is 1. The summed E-state index contributed by atoms with van der Waals surface area (Å²) in [7, 11) is 0. The highest BCUT2D eigenvalue weighted by atomic mass is 16.5. The SMILES string of the molecule is Cc1ccc(C(=O)CN2CCOCC2=O)cc1C. The van der Waals surface area contributed by atoms with Gasteiger partial charge in [0.2, 0.25) is 5.91 Å². The van der Waals surface area contributed by atoms with Crippen molar-refractivity contribution in [1.82, 2.24) is 4.90 Å². The number of ketones is 1. The molecule has 0 saturated carbocycles. The Labute approximate surface area is 107 Å². The van der Waals surface area contributed by atoms with E-state index < -0.39 is 0 Å². The molecule has 1 saturated heterocycles. The highest BCUT2D eigenvalue weighted by molar-refractivity contribution is 5.99. The van der Waals surface area contributed by atoms with E-state index in [-0.39, 0.29) is 24.8 Å². The van der Waals surface area contributed by atoms with Gasteiger partial charge in [0.05, 0.1) is 13.2 Å². The summed E-state index contributed by atoms with van der Waals surface area (Å²) in [6, 6.07) is 5.63. The largest absolute Gasteiger partial charge is 0.370 e. The lowest BCUT2D eigenvalue weighted by molar-refractivity contribution is -0.141. The topological polar surface area (TPSA) is 46.6 Å². The number of amides is 1. The lowest BCUT2D eigenvalue weighted by Gasteiger charge is -2.26. The summed E-state index contributed by atoms with van der Waals surface area (Å²) in [5.74, 6) is -0.133. The molecule has 0 unspecified atom stereocenters. The van der Waals surface area contributed by atoms with Crippen LogP contribution in [0, 0.1) is 13.8 Å². The summed E-state index contributed by atoms with van der Waals surface area (Å²) in [5.41, 5.74) is 2.92. The molecule has 1 aliphatic rings. The molecule has 0 atom stereocenters. The van der Waals surface area contributed by atoms with Crippen molar-refractivity contribution in [3.8, 4) is 0 Å². The van der Waals surface area contributed by atoms with Gasteiger partial charge in [-0.15, -0.1) is 0 Å². The number of nitrogens with zero attached hydrogens (tertiary/aromatic N) is 1. The van der Waals surface area contributed by atoms with Crippen LogP contribution in [0.2, 0.25) is 0 Å². The Bertz CT molecular complexity index is 482. The number of morpholine rings is 1. The number of ether oxygens (including phenoxy) is 1. The Morgan fingerprint density at radius 2 is 2.11 bits per heavy atom. The fourth-order valence-electron chi connectivity index (χ4n) is 1.90. The fourth-order valence-corrected chi connectivity index (χ4v) is 1.90. The molecule has 96 valence electrons. The van der Waals surface area contributed by atoms with E-state index in [1.54, 1.807) is 4.90 Å². The Hall–Kier alpha value is -1.68. The van der Waals surface area contributed by atoms with Crippen LogP contribution in [0.1, 0.15) is 21.5 Å². The second kappa shape index (κ2) is 5.31. The monoisotopic (exact) mass is 247 g/mol. The summed E-state index contributed by atoms with van der Waals surface area (Å²) < 4.78 is 5.03. The van der Waals surface area contributed by atoms with Crippen molar-refractivity contribution in [1.29, 1.82) is 0 Å². The first-order chi connectivity index (χ1) is 8.58. The Balaban J connectivity index is 2.07. The first-order valence-electron chi connectivity index (χ1n) is 6.04. The van der Waals surface area contributed by atoms with Gasteiger partial charge in [-0.2, -0.15) is 0 Å². The van der Waals surface area contributed by atoms with Crippen LogP contribution in [0.4, 0.5) is 0 Å². The summed E-state index contributed by atoms with van der Waals surface area (Å²) in [6.07, 6.45) is 0. The van der Waals surface area contributed by atoms with Crippen LogP contribution in [-0.2, 0) is 9.53 Å². The zero-order valence-electron chi connectivity index (χ0n) is 10.7. The molecule has 0 aliphatic carbocycles. The minimum atomic E-state index is -0.113. The second-order valence-corrected chi connectivity index (χ2v) is 4.59. The third kappa shape index (κ3) is 2.76. The number of carbonyl (C=O) groups is 2. The standard InChI is InChI=1S/C14H17NO3/c1-10-3-4-12(7-11(10)2)13(16)8-15-5-6-18-9-14(15)17/h3-4,7H,5-6,8-9H2,1-2H3. The number of aryl methyl sites for hydroxylation is 2. The van der Waals surface area contributed by atoms with Gasteiger partial charge in [-0.3, -0.25) is 9.59 Å². The Kier molecular flexibility index (Phi) is 3.77. The van der Waals surface area contributed by atoms with E-state index in [1.807, 2.05) is 32.0 Å². The number of hydrogen-bond donors (Lipinski definition) is 0. The molecule has 1 heterocycles. The maximum atomic E-state index is 12.1. The normalized spacial score (nSPS) is 15.9. The van der Waals surface area contributed by atoms with Crippen LogP contribution >= 0.6 is 0 Å².